The van der Waals surface area contributed by atoms with Crippen LogP contribution in [0.25, 0.3) is 16.7 Å². The van der Waals surface area contributed by atoms with Crippen LogP contribution < -0.4 is 5.73 Å². The lowest BCUT2D eigenvalue weighted by atomic mass is 10.1. The molecule has 0 fully saturated rings. The molecule has 1 aromatic heterocycles. The predicted molar refractivity (Wildman–Crippen MR) is 88.2 cm³/mol. The number of hydrogen-bond donors (Lipinski definition) is 1. The third kappa shape index (κ3) is 2.13. The lowest BCUT2D eigenvalue weighted by Gasteiger charge is -2.04. The fraction of sp³-hybridized carbons (Fsp3) is 0.143. The van der Waals surface area contributed by atoms with Crippen LogP contribution >= 0.6 is 31.9 Å². The van der Waals surface area contributed by atoms with Gasteiger partial charge in [-0.25, -0.2) is 0 Å². The Bertz CT molecular complexity index is 824. The monoisotopic (exact) mass is 394 g/mol. The van der Waals surface area contributed by atoms with Crippen LogP contribution in [0.15, 0.2) is 33.2 Å². The molecule has 20 heavy (non-hydrogen) atoms. The van der Waals surface area contributed by atoms with Crippen molar-refractivity contribution in [3.05, 3.63) is 44.3 Å². The summed E-state index contributed by atoms with van der Waals surface area (Å²) < 4.78 is 1.57. The van der Waals surface area contributed by atoms with Gasteiger partial charge in [-0.05, 0) is 63.4 Å². The Kier molecular flexibility index (Phi) is 3.30. The summed E-state index contributed by atoms with van der Waals surface area (Å²) in [5.41, 5.74) is 11.5. The van der Waals surface area contributed by atoms with E-state index in [4.69, 9.17) is 5.73 Å². The first kappa shape index (κ1) is 13.6. The van der Waals surface area contributed by atoms with Gasteiger partial charge in [0.25, 0.3) is 0 Å². The first-order valence-electron chi connectivity index (χ1n) is 6.05. The summed E-state index contributed by atoms with van der Waals surface area (Å²) in [6.45, 7) is 4.12. The fourth-order valence-corrected chi connectivity index (χ4v) is 3.32. The average Bonchev–Trinajstić information content (AvgIpc) is 2.80. The molecule has 2 aromatic carbocycles. The number of fused-ring (bicyclic) bond motifs is 1. The zero-order valence-corrected chi connectivity index (χ0v) is 14.2. The van der Waals surface area contributed by atoms with E-state index in [2.05, 4.69) is 68.0 Å². The number of nitrogen functional groups attached to an aromatic ring is 1. The molecule has 6 heteroatoms. The zero-order chi connectivity index (χ0) is 14.4. The Morgan fingerprint density at radius 2 is 1.85 bits per heavy atom. The highest BCUT2D eigenvalue weighted by molar-refractivity contribution is 9.11. The molecule has 3 aromatic rings. The van der Waals surface area contributed by atoms with Gasteiger partial charge in [0.1, 0.15) is 11.0 Å². The van der Waals surface area contributed by atoms with Gasteiger partial charge in [-0.15, -0.1) is 10.2 Å². The summed E-state index contributed by atoms with van der Waals surface area (Å²) >= 11 is 6.90. The standard InChI is InChI=1S/C14H12Br2N4/c1-7-3-4-11(8(2)5-7)20-18-10-6-9(15)13(17)12(16)14(10)19-20/h3-6H,17H2,1-2H3. The number of aromatic nitrogens is 3. The Morgan fingerprint density at radius 3 is 2.55 bits per heavy atom. The summed E-state index contributed by atoms with van der Waals surface area (Å²) in [5, 5.41) is 9.06. The van der Waals surface area contributed by atoms with E-state index in [0.717, 1.165) is 31.2 Å². The highest BCUT2D eigenvalue weighted by Crippen LogP contribution is 2.34. The van der Waals surface area contributed by atoms with Crippen LogP contribution in [0, 0.1) is 13.8 Å². The molecule has 0 amide bonds. The van der Waals surface area contributed by atoms with E-state index in [1.165, 1.54) is 5.56 Å². The van der Waals surface area contributed by atoms with Crippen molar-refractivity contribution in [3.8, 4) is 5.69 Å². The van der Waals surface area contributed by atoms with Crippen molar-refractivity contribution in [2.75, 3.05) is 5.73 Å². The van der Waals surface area contributed by atoms with Gasteiger partial charge in [0.2, 0.25) is 0 Å². The zero-order valence-electron chi connectivity index (χ0n) is 11.0. The number of rotatable bonds is 1. The van der Waals surface area contributed by atoms with Gasteiger partial charge in [-0.3, -0.25) is 0 Å². The van der Waals surface area contributed by atoms with Crippen molar-refractivity contribution in [3.63, 3.8) is 0 Å². The van der Waals surface area contributed by atoms with Crippen molar-refractivity contribution < 1.29 is 0 Å². The quantitative estimate of drug-likeness (QED) is 0.629. The second-order valence-corrected chi connectivity index (χ2v) is 6.38. The third-order valence-electron chi connectivity index (χ3n) is 3.17. The molecule has 0 aliphatic rings. The molecule has 0 bridgehead atoms. The summed E-state index contributed by atoms with van der Waals surface area (Å²) in [5.74, 6) is 0. The van der Waals surface area contributed by atoms with Gasteiger partial charge in [0.15, 0.2) is 0 Å². The van der Waals surface area contributed by atoms with Gasteiger partial charge in [0, 0.05) is 4.47 Å². The molecule has 3 rings (SSSR count). The molecule has 0 aliphatic heterocycles. The largest absolute Gasteiger partial charge is 0.397 e. The van der Waals surface area contributed by atoms with Crippen LogP contribution in [-0.4, -0.2) is 15.0 Å². The van der Waals surface area contributed by atoms with Crippen LogP contribution in [0.2, 0.25) is 0 Å². The highest BCUT2D eigenvalue weighted by atomic mass is 79.9. The maximum atomic E-state index is 5.97. The summed E-state index contributed by atoms with van der Waals surface area (Å²) in [6.07, 6.45) is 0. The second kappa shape index (κ2) is 4.86. The second-order valence-electron chi connectivity index (χ2n) is 4.73. The SMILES string of the molecule is Cc1ccc(-n2nc3cc(Br)c(N)c(Br)c3n2)c(C)c1. The first-order chi connectivity index (χ1) is 9.47. The minimum absolute atomic E-state index is 0.630. The highest BCUT2D eigenvalue weighted by Gasteiger charge is 2.14. The minimum Gasteiger partial charge on any atom is -0.397 e. The van der Waals surface area contributed by atoms with Gasteiger partial charge in [-0.2, -0.15) is 4.80 Å². The van der Waals surface area contributed by atoms with E-state index in [0.29, 0.717) is 5.69 Å². The lowest BCUT2D eigenvalue weighted by molar-refractivity contribution is 0.760. The van der Waals surface area contributed by atoms with Gasteiger partial charge >= 0.3 is 0 Å². The number of halogens is 2. The molecule has 0 spiro atoms. The maximum Gasteiger partial charge on any atom is 0.130 e. The molecule has 0 radical (unpaired) electrons. The first-order valence-corrected chi connectivity index (χ1v) is 7.64. The van der Waals surface area contributed by atoms with Crippen LogP contribution in [0.4, 0.5) is 5.69 Å². The van der Waals surface area contributed by atoms with E-state index in [9.17, 15) is 0 Å². The Labute approximate surface area is 133 Å². The van der Waals surface area contributed by atoms with Gasteiger partial charge in [0.05, 0.1) is 15.8 Å². The number of benzene rings is 2. The topological polar surface area (TPSA) is 56.7 Å². The normalized spacial score (nSPS) is 11.2. The lowest BCUT2D eigenvalue weighted by Crippen LogP contribution is -2.01. The van der Waals surface area contributed by atoms with E-state index in [-0.39, 0.29) is 0 Å². The molecule has 102 valence electrons. The van der Waals surface area contributed by atoms with Crippen molar-refractivity contribution in [2.24, 2.45) is 0 Å². The molecule has 1 heterocycles. The Hall–Kier alpha value is -1.40. The Balaban J connectivity index is 2.26. The fourth-order valence-electron chi connectivity index (χ4n) is 2.14. The summed E-state index contributed by atoms with van der Waals surface area (Å²) in [6, 6.07) is 8.07. The van der Waals surface area contributed by atoms with Crippen molar-refractivity contribution in [2.45, 2.75) is 13.8 Å². The van der Waals surface area contributed by atoms with Crippen molar-refractivity contribution in [1.82, 2.24) is 15.0 Å². The maximum absolute atomic E-state index is 5.97. The summed E-state index contributed by atoms with van der Waals surface area (Å²) in [7, 11) is 0. The summed E-state index contributed by atoms with van der Waals surface area (Å²) in [4.78, 5) is 1.65. The minimum atomic E-state index is 0.630. The number of nitrogens with zero attached hydrogens (tertiary/aromatic N) is 3. The molecule has 0 aliphatic carbocycles. The van der Waals surface area contributed by atoms with Crippen molar-refractivity contribution in [1.29, 1.82) is 0 Å². The number of aryl methyl sites for hydroxylation is 2. The van der Waals surface area contributed by atoms with Crippen LogP contribution in [0.5, 0.6) is 0 Å². The Morgan fingerprint density at radius 1 is 1.10 bits per heavy atom. The molecule has 0 unspecified atom stereocenters. The molecule has 0 atom stereocenters. The van der Waals surface area contributed by atoms with Gasteiger partial charge in [-0.1, -0.05) is 17.7 Å². The smallest absolute Gasteiger partial charge is 0.130 e. The molecule has 0 saturated heterocycles. The van der Waals surface area contributed by atoms with Crippen LogP contribution in [0.3, 0.4) is 0 Å². The van der Waals surface area contributed by atoms with E-state index in [1.807, 2.05) is 12.1 Å². The number of hydrogen-bond acceptors (Lipinski definition) is 3. The van der Waals surface area contributed by atoms with Crippen LogP contribution in [-0.2, 0) is 0 Å². The number of nitrogens with two attached hydrogens (primary N) is 1. The van der Waals surface area contributed by atoms with E-state index >= 15 is 0 Å². The number of anilines is 1. The van der Waals surface area contributed by atoms with E-state index < -0.39 is 0 Å². The van der Waals surface area contributed by atoms with Crippen molar-refractivity contribution >= 4 is 48.6 Å². The molecule has 4 nitrogen and oxygen atoms in total. The van der Waals surface area contributed by atoms with E-state index in [1.54, 1.807) is 4.80 Å². The molecule has 0 saturated carbocycles. The van der Waals surface area contributed by atoms with Gasteiger partial charge < -0.3 is 5.73 Å². The molecule has 2 N–H and O–H groups in total. The third-order valence-corrected chi connectivity index (χ3v) is 4.63. The average molecular weight is 396 g/mol. The van der Waals surface area contributed by atoms with Crippen LogP contribution in [0.1, 0.15) is 11.1 Å². The molecular weight excluding hydrogens is 384 g/mol. The molecular formula is C14H12Br2N4. The predicted octanol–water partition coefficient (Wildman–Crippen LogP) is 4.14.